The van der Waals surface area contributed by atoms with Crippen LogP contribution in [0, 0.1) is 41.9 Å². The first-order valence-electron chi connectivity index (χ1n) is 14.2. The van der Waals surface area contributed by atoms with Crippen LogP contribution in [0.15, 0.2) is 42.5 Å². The van der Waals surface area contributed by atoms with Gasteiger partial charge in [0, 0.05) is 11.1 Å². The average molecular weight is 545 g/mol. The molecule has 1 aliphatic rings. The second-order valence-corrected chi connectivity index (χ2v) is 10.9. The third-order valence-corrected chi connectivity index (χ3v) is 8.01. The van der Waals surface area contributed by atoms with Crippen LogP contribution in [-0.2, 0) is 0 Å². The topological polar surface area (TPSA) is 9.23 Å². The summed E-state index contributed by atoms with van der Waals surface area (Å²) < 4.78 is 78.3. The summed E-state index contributed by atoms with van der Waals surface area (Å²) in [7, 11) is 0. The van der Waals surface area contributed by atoms with Crippen LogP contribution in [-0.4, -0.2) is 0 Å². The molecular weight excluding hydrogens is 507 g/mol. The Hall–Kier alpha value is -2.89. The molecule has 3 aromatic carbocycles. The smallest absolute Gasteiger partial charge is 0.194 e. The molecule has 210 valence electrons. The number of hydrogen-bond donors (Lipinski definition) is 0. The summed E-state index contributed by atoms with van der Waals surface area (Å²) in [6.07, 6.45) is 12.1. The number of para-hydroxylation sites is 1. The molecular formula is C33H37F5O. The van der Waals surface area contributed by atoms with Crippen LogP contribution < -0.4 is 4.74 Å². The van der Waals surface area contributed by atoms with Gasteiger partial charge in [-0.25, -0.2) is 22.0 Å². The van der Waals surface area contributed by atoms with Crippen molar-refractivity contribution in [3.8, 4) is 22.6 Å². The van der Waals surface area contributed by atoms with Crippen molar-refractivity contribution in [3.63, 3.8) is 0 Å². The number of rotatable bonds is 11. The number of aryl methyl sites for hydroxylation is 1. The molecule has 0 radical (unpaired) electrons. The monoisotopic (exact) mass is 544 g/mol. The quantitative estimate of drug-likeness (QED) is 0.133. The molecule has 0 spiro atoms. The normalized spacial score (nSPS) is 17.4. The van der Waals surface area contributed by atoms with E-state index >= 15 is 8.78 Å². The van der Waals surface area contributed by atoms with Crippen molar-refractivity contribution in [2.45, 2.75) is 90.4 Å². The molecule has 0 unspecified atom stereocenters. The molecule has 1 saturated carbocycles. The van der Waals surface area contributed by atoms with Crippen LogP contribution in [0.2, 0.25) is 0 Å². The number of ether oxygens (including phenoxy) is 1. The van der Waals surface area contributed by atoms with E-state index < -0.39 is 29.1 Å². The lowest BCUT2D eigenvalue weighted by atomic mass is 9.76. The Kier molecular flexibility index (Phi) is 10.0. The molecule has 6 heteroatoms. The van der Waals surface area contributed by atoms with E-state index in [1.54, 1.807) is 25.1 Å². The van der Waals surface area contributed by atoms with E-state index in [1.807, 2.05) is 0 Å². The molecule has 0 aromatic heterocycles. The molecule has 1 fully saturated rings. The lowest BCUT2D eigenvalue weighted by molar-refractivity contribution is 0.292. The van der Waals surface area contributed by atoms with Gasteiger partial charge in [-0.15, -0.1) is 0 Å². The summed E-state index contributed by atoms with van der Waals surface area (Å²) in [6.45, 7) is 3.77. The minimum absolute atomic E-state index is 0.0463. The molecule has 1 aliphatic carbocycles. The molecule has 0 saturated heterocycles. The van der Waals surface area contributed by atoms with E-state index in [-0.39, 0.29) is 39.7 Å². The number of halogens is 5. The lowest BCUT2D eigenvalue weighted by Gasteiger charge is -2.30. The zero-order chi connectivity index (χ0) is 27.9. The van der Waals surface area contributed by atoms with Crippen LogP contribution in [0.3, 0.4) is 0 Å². The highest BCUT2D eigenvalue weighted by atomic mass is 19.2. The van der Waals surface area contributed by atoms with Gasteiger partial charge in [0.15, 0.2) is 29.0 Å². The summed E-state index contributed by atoms with van der Waals surface area (Å²) in [4.78, 5) is 0. The number of benzene rings is 3. The predicted octanol–water partition coefficient (Wildman–Crippen LogP) is 11.2. The Morgan fingerprint density at radius 2 is 1.38 bits per heavy atom. The Labute approximate surface area is 228 Å². The van der Waals surface area contributed by atoms with Crippen LogP contribution in [0.1, 0.15) is 94.6 Å². The third-order valence-electron chi connectivity index (χ3n) is 8.01. The fraction of sp³-hybridized carbons (Fsp3) is 0.455. The first kappa shape index (κ1) is 29.1. The van der Waals surface area contributed by atoms with Crippen molar-refractivity contribution in [3.05, 3.63) is 82.7 Å². The zero-order valence-electron chi connectivity index (χ0n) is 22.8. The standard InChI is InChI=1S/C33H37F5O/c1-3-4-5-6-7-8-11-22-14-16-23(17-15-22)30-26(34)18-21(2)33(32(30)38)39-29-13-10-9-12-25(29)24-19-27(35)31(37)28(36)20-24/h9-10,12-13,18-20,22-23H,3-8,11,14-17H2,1-2H3. The van der Waals surface area contributed by atoms with Crippen LogP contribution in [0.4, 0.5) is 22.0 Å². The van der Waals surface area contributed by atoms with E-state index in [0.717, 1.165) is 37.8 Å². The fourth-order valence-electron chi connectivity index (χ4n) is 5.80. The zero-order valence-corrected chi connectivity index (χ0v) is 22.8. The van der Waals surface area contributed by atoms with Gasteiger partial charge in [-0.3, -0.25) is 0 Å². The number of hydrogen-bond acceptors (Lipinski definition) is 1. The molecule has 0 heterocycles. The van der Waals surface area contributed by atoms with Gasteiger partial charge in [0.1, 0.15) is 11.6 Å². The van der Waals surface area contributed by atoms with Crippen molar-refractivity contribution < 1.29 is 26.7 Å². The van der Waals surface area contributed by atoms with Gasteiger partial charge in [0.05, 0.1) is 0 Å². The van der Waals surface area contributed by atoms with E-state index in [0.29, 0.717) is 5.92 Å². The maximum Gasteiger partial charge on any atom is 0.194 e. The molecule has 4 rings (SSSR count). The summed E-state index contributed by atoms with van der Waals surface area (Å²) in [5.74, 6) is -5.17. The first-order valence-corrected chi connectivity index (χ1v) is 14.2. The van der Waals surface area contributed by atoms with E-state index in [9.17, 15) is 13.2 Å². The highest BCUT2D eigenvalue weighted by Gasteiger charge is 2.29. The van der Waals surface area contributed by atoms with Gasteiger partial charge in [-0.05, 0) is 79.8 Å². The van der Waals surface area contributed by atoms with Crippen LogP contribution >= 0.6 is 0 Å². The summed E-state index contributed by atoms with van der Waals surface area (Å²) in [5.41, 5.74) is 0.628. The minimum Gasteiger partial charge on any atom is -0.453 e. The average Bonchev–Trinajstić information content (AvgIpc) is 2.92. The van der Waals surface area contributed by atoms with E-state index in [4.69, 9.17) is 4.74 Å². The van der Waals surface area contributed by atoms with Gasteiger partial charge in [0.25, 0.3) is 0 Å². The molecule has 0 bridgehead atoms. The predicted molar refractivity (Wildman–Crippen MR) is 146 cm³/mol. The highest BCUT2D eigenvalue weighted by Crippen LogP contribution is 2.44. The second-order valence-electron chi connectivity index (χ2n) is 10.9. The highest BCUT2D eigenvalue weighted by molar-refractivity contribution is 5.71. The summed E-state index contributed by atoms with van der Waals surface area (Å²) >= 11 is 0. The van der Waals surface area contributed by atoms with Crippen molar-refractivity contribution >= 4 is 0 Å². The van der Waals surface area contributed by atoms with Gasteiger partial charge < -0.3 is 4.74 Å². The Morgan fingerprint density at radius 3 is 2.08 bits per heavy atom. The Bertz CT molecular complexity index is 1240. The first-order chi connectivity index (χ1) is 18.8. The molecule has 0 atom stereocenters. The molecule has 3 aromatic rings. The largest absolute Gasteiger partial charge is 0.453 e. The summed E-state index contributed by atoms with van der Waals surface area (Å²) in [6, 6.07) is 9.36. The molecule has 0 amide bonds. The van der Waals surface area contributed by atoms with Gasteiger partial charge >= 0.3 is 0 Å². The number of unbranched alkanes of at least 4 members (excludes halogenated alkanes) is 5. The third kappa shape index (κ3) is 7.01. The van der Waals surface area contributed by atoms with Crippen molar-refractivity contribution in [2.24, 2.45) is 5.92 Å². The Morgan fingerprint density at radius 1 is 0.744 bits per heavy atom. The molecule has 1 nitrogen and oxygen atoms in total. The van der Waals surface area contributed by atoms with Gasteiger partial charge in [-0.1, -0.05) is 70.1 Å². The lowest BCUT2D eigenvalue weighted by Crippen LogP contribution is -2.16. The fourth-order valence-corrected chi connectivity index (χ4v) is 5.80. The SMILES string of the molecule is CCCCCCCCC1CCC(c2c(F)cc(C)c(Oc3ccccc3-c3cc(F)c(F)c(F)c3)c2F)CC1. The second kappa shape index (κ2) is 13.5. The maximum atomic E-state index is 15.9. The van der Waals surface area contributed by atoms with E-state index in [1.165, 1.54) is 57.1 Å². The minimum atomic E-state index is -1.57. The van der Waals surface area contributed by atoms with Gasteiger partial charge in [0.2, 0.25) is 0 Å². The van der Waals surface area contributed by atoms with Crippen molar-refractivity contribution in [1.82, 2.24) is 0 Å². The molecule has 39 heavy (non-hydrogen) atoms. The van der Waals surface area contributed by atoms with Crippen molar-refractivity contribution in [2.75, 3.05) is 0 Å². The molecule has 0 aliphatic heterocycles. The van der Waals surface area contributed by atoms with Crippen LogP contribution in [0.5, 0.6) is 11.5 Å². The Balaban J connectivity index is 1.50. The van der Waals surface area contributed by atoms with Crippen molar-refractivity contribution in [1.29, 1.82) is 0 Å². The summed E-state index contributed by atoms with van der Waals surface area (Å²) in [5, 5.41) is 0. The van der Waals surface area contributed by atoms with E-state index in [2.05, 4.69) is 6.92 Å². The van der Waals surface area contributed by atoms with Crippen LogP contribution in [0.25, 0.3) is 11.1 Å². The van der Waals surface area contributed by atoms with Gasteiger partial charge in [-0.2, -0.15) is 0 Å². The molecule has 0 N–H and O–H groups in total. The maximum absolute atomic E-state index is 15.9.